The Hall–Kier alpha value is -1.59. The Labute approximate surface area is 145 Å². The summed E-state index contributed by atoms with van der Waals surface area (Å²) in [6.45, 7) is 4.68. The molecule has 0 atom stereocenters. The average molecular weight is 350 g/mol. The van der Waals surface area contributed by atoms with E-state index in [1.807, 2.05) is 29.2 Å². The number of aromatic nitrogens is 1. The van der Waals surface area contributed by atoms with Crippen LogP contribution in [0.4, 0.5) is 5.69 Å². The number of halogens is 1. The number of rotatable bonds is 5. The van der Waals surface area contributed by atoms with Crippen molar-refractivity contribution in [1.29, 1.82) is 0 Å². The van der Waals surface area contributed by atoms with Crippen molar-refractivity contribution < 1.29 is 4.79 Å². The average Bonchev–Trinajstić information content (AvgIpc) is 3.09. The highest BCUT2D eigenvalue weighted by atomic mass is 35.5. The number of para-hydroxylation sites is 1. The van der Waals surface area contributed by atoms with Crippen molar-refractivity contribution in [3.8, 4) is 0 Å². The van der Waals surface area contributed by atoms with Crippen molar-refractivity contribution in [2.24, 2.45) is 4.99 Å². The SMILES string of the molecule is Cc1csc(=Nc2ccccc2Cl)n1CCCN1CCCC1=O. The summed E-state index contributed by atoms with van der Waals surface area (Å²) >= 11 is 7.82. The van der Waals surface area contributed by atoms with E-state index < -0.39 is 0 Å². The van der Waals surface area contributed by atoms with Gasteiger partial charge in [0, 0.05) is 37.1 Å². The molecule has 0 unspecified atom stereocenters. The minimum atomic E-state index is 0.290. The van der Waals surface area contributed by atoms with Crippen LogP contribution in [0.5, 0.6) is 0 Å². The van der Waals surface area contributed by atoms with Crippen LogP contribution in [-0.2, 0) is 11.3 Å². The number of carbonyl (C=O) groups is 1. The van der Waals surface area contributed by atoms with Crippen LogP contribution in [0, 0.1) is 6.92 Å². The number of aryl methyl sites for hydroxylation is 1. The zero-order valence-electron chi connectivity index (χ0n) is 13.2. The lowest BCUT2D eigenvalue weighted by Crippen LogP contribution is -2.27. The Bertz CT molecular complexity index is 765. The van der Waals surface area contributed by atoms with Gasteiger partial charge >= 0.3 is 0 Å². The van der Waals surface area contributed by atoms with Gasteiger partial charge in [-0.2, -0.15) is 0 Å². The van der Waals surface area contributed by atoms with E-state index in [-0.39, 0.29) is 5.91 Å². The van der Waals surface area contributed by atoms with Crippen molar-refractivity contribution in [1.82, 2.24) is 9.47 Å². The summed E-state index contributed by atoms with van der Waals surface area (Å²) in [7, 11) is 0. The fourth-order valence-corrected chi connectivity index (χ4v) is 3.88. The molecule has 3 rings (SSSR count). The van der Waals surface area contributed by atoms with Gasteiger partial charge in [0.2, 0.25) is 5.91 Å². The van der Waals surface area contributed by atoms with E-state index in [0.717, 1.165) is 43.0 Å². The topological polar surface area (TPSA) is 37.6 Å². The quantitative estimate of drug-likeness (QED) is 0.809. The van der Waals surface area contributed by atoms with Gasteiger partial charge in [-0.1, -0.05) is 23.7 Å². The number of nitrogens with zero attached hydrogens (tertiary/aromatic N) is 3. The van der Waals surface area contributed by atoms with Crippen LogP contribution in [0.2, 0.25) is 5.02 Å². The number of hydrogen-bond acceptors (Lipinski definition) is 3. The second-order valence-electron chi connectivity index (χ2n) is 5.71. The summed E-state index contributed by atoms with van der Waals surface area (Å²) in [6, 6.07) is 7.62. The Morgan fingerprint density at radius 3 is 2.87 bits per heavy atom. The van der Waals surface area contributed by atoms with E-state index >= 15 is 0 Å². The predicted molar refractivity (Wildman–Crippen MR) is 94.2 cm³/mol. The standard InChI is InChI=1S/C17H20ClN3OS/c1-13-12-23-17(19-15-7-3-2-6-14(15)18)21(13)11-5-10-20-9-4-8-16(20)22/h2-3,6-7,12H,4-5,8-11H2,1H3. The number of carbonyl (C=O) groups excluding carboxylic acids is 1. The molecule has 1 aromatic heterocycles. The van der Waals surface area contributed by atoms with Crippen LogP contribution in [0.25, 0.3) is 0 Å². The zero-order chi connectivity index (χ0) is 16.2. The molecule has 0 spiro atoms. The minimum absolute atomic E-state index is 0.290. The lowest BCUT2D eigenvalue weighted by molar-refractivity contribution is -0.127. The lowest BCUT2D eigenvalue weighted by atomic mass is 10.3. The molecule has 1 aliphatic heterocycles. The molecular weight excluding hydrogens is 330 g/mol. The molecule has 2 heterocycles. The molecule has 23 heavy (non-hydrogen) atoms. The third-order valence-corrected chi connectivity index (χ3v) is 5.34. The minimum Gasteiger partial charge on any atom is -0.343 e. The molecule has 1 amide bonds. The fourth-order valence-electron chi connectivity index (χ4n) is 2.78. The van der Waals surface area contributed by atoms with Crippen LogP contribution >= 0.6 is 22.9 Å². The maximum Gasteiger partial charge on any atom is 0.222 e. The van der Waals surface area contributed by atoms with Crippen molar-refractivity contribution in [2.75, 3.05) is 13.1 Å². The molecule has 6 heteroatoms. The monoisotopic (exact) mass is 349 g/mol. The number of hydrogen-bond donors (Lipinski definition) is 0. The molecule has 1 saturated heterocycles. The summed E-state index contributed by atoms with van der Waals surface area (Å²) in [4.78, 5) is 19.3. The van der Waals surface area contributed by atoms with Gasteiger partial charge in [0.05, 0.1) is 10.7 Å². The van der Waals surface area contributed by atoms with Gasteiger partial charge in [0.1, 0.15) is 0 Å². The number of thiazole rings is 1. The Balaban J connectivity index is 1.74. The van der Waals surface area contributed by atoms with E-state index in [1.165, 1.54) is 5.69 Å². The molecule has 1 aromatic carbocycles. The van der Waals surface area contributed by atoms with Gasteiger partial charge in [-0.25, -0.2) is 4.99 Å². The van der Waals surface area contributed by atoms with Crippen molar-refractivity contribution in [2.45, 2.75) is 32.7 Å². The van der Waals surface area contributed by atoms with Crippen LogP contribution in [0.1, 0.15) is 25.0 Å². The molecule has 122 valence electrons. The van der Waals surface area contributed by atoms with E-state index in [1.54, 1.807) is 11.3 Å². The second-order valence-corrected chi connectivity index (χ2v) is 6.96. The van der Waals surface area contributed by atoms with Gasteiger partial charge in [0.15, 0.2) is 4.80 Å². The highest BCUT2D eigenvalue weighted by Crippen LogP contribution is 2.23. The third kappa shape index (κ3) is 3.85. The lowest BCUT2D eigenvalue weighted by Gasteiger charge is -2.15. The van der Waals surface area contributed by atoms with Gasteiger partial charge in [-0.15, -0.1) is 11.3 Å². The van der Waals surface area contributed by atoms with E-state index in [4.69, 9.17) is 16.6 Å². The molecule has 0 aliphatic carbocycles. The summed E-state index contributed by atoms with van der Waals surface area (Å²) < 4.78 is 2.20. The number of likely N-dealkylation sites (tertiary alicyclic amines) is 1. The first-order valence-electron chi connectivity index (χ1n) is 7.87. The van der Waals surface area contributed by atoms with Crippen molar-refractivity contribution in [3.63, 3.8) is 0 Å². The smallest absolute Gasteiger partial charge is 0.222 e. The normalized spacial score (nSPS) is 15.7. The molecule has 0 radical (unpaired) electrons. The van der Waals surface area contributed by atoms with Crippen LogP contribution < -0.4 is 4.80 Å². The van der Waals surface area contributed by atoms with Gasteiger partial charge in [0.25, 0.3) is 0 Å². The molecule has 1 aliphatic rings. The van der Waals surface area contributed by atoms with Gasteiger partial charge < -0.3 is 9.47 Å². The largest absolute Gasteiger partial charge is 0.343 e. The Morgan fingerprint density at radius 2 is 2.13 bits per heavy atom. The number of amides is 1. The first-order chi connectivity index (χ1) is 11.1. The molecule has 2 aromatic rings. The van der Waals surface area contributed by atoms with Crippen LogP contribution in [-0.4, -0.2) is 28.5 Å². The Kier molecular flexibility index (Phi) is 5.18. The first-order valence-corrected chi connectivity index (χ1v) is 9.13. The molecule has 1 fully saturated rings. The molecule has 0 saturated carbocycles. The Morgan fingerprint density at radius 1 is 1.30 bits per heavy atom. The van der Waals surface area contributed by atoms with Crippen LogP contribution in [0.3, 0.4) is 0 Å². The molecule has 0 N–H and O–H groups in total. The number of benzene rings is 1. The highest BCUT2D eigenvalue weighted by Gasteiger charge is 2.19. The predicted octanol–water partition coefficient (Wildman–Crippen LogP) is 3.76. The summed E-state index contributed by atoms with van der Waals surface area (Å²) in [5.41, 5.74) is 1.98. The zero-order valence-corrected chi connectivity index (χ0v) is 14.7. The summed E-state index contributed by atoms with van der Waals surface area (Å²) in [5.74, 6) is 0.290. The van der Waals surface area contributed by atoms with E-state index in [0.29, 0.717) is 11.4 Å². The van der Waals surface area contributed by atoms with Crippen molar-refractivity contribution >= 4 is 34.5 Å². The summed E-state index contributed by atoms with van der Waals surface area (Å²) in [5, 5.41) is 2.77. The fraction of sp³-hybridized carbons (Fsp3) is 0.412. The molecular formula is C17H20ClN3OS. The van der Waals surface area contributed by atoms with Crippen LogP contribution in [0.15, 0.2) is 34.6 Å². The first kappa shape index (κ1) is 16.3. The van der Waals surface area contributed by atoms with Gasteiger partial charge in [-0.3, -0.25) is 4.79 Å². The summed E-state index contributed by atoms with van der Waals surface area (Å²) in [6.07, 6.45) is 2.65. The maximum atomic E-state index is 11.7. The van der Waals surface area contributed by atoms with Gasteiger partial charge in [-0.05, 0) is 31.9 Å². The molecule has 0 bridgehead atoms. The van der Waals surface area contributed by atoms with Crippen molar-refractivity contribution in [3.05, 3.63) is 45.2 Å². The molecule has 4 nitrogen and oxygen atoms in total. The van der Waals surface area contributed by atoms with E-state index in [9.17, 15) is 4.79 Å². The maximum absolute atomic E-state index is 11.7. The van der Waals surface area contributed by atoms with E-state index in [2.05, 4.69) is 16.9 Å². The second kappa shape index (κ2) is 7.32. The third-order valence-electron chi connectivity index (χ3n) is 4.04. The highest BCUT2D eigenvalue weighted by molar-refractivity contribution is 7.07.